The Morgan fingerprint density at radius 2 is 2.41 bits per heavy atom. The topological polar surface area (TPSA) is 72.8 Å². The lowest BCUT2D eigenvalue weighted by Crippen LogP contribution is -2.17. The Bertz CT molecular complexity index is 633. The summed E-state index contributed by atoms with van der Waals surface area (Å²) in [6.45, 7) is 1.96. The summed E-state index contributed by atoms with van der Waals surface area (Å²) in [5.41, 5.74) is 1.09. The van der Waals surface area contributed by atoms with Crippen molar-refractivity contribution in [3.05, 3.63) is 33.2 Å². The van der Waals surface area contributed by atoms with E-state index in [1.54, 1.807) is 6.07 Å². The van der Waals surface area contributed by atoms with Gasteiger partial charge >= 0.3 is 5.69 Å². The molecule has 7 heteroatoms. The van der Waals surface area contributed by atoms with Gasteiger partial charge < -0.3 is 4.74 Å². The Kier molecular flexibility index (Phi) is 2.19. The fourth-order valence-corrected chi connectivity index (χ4v) is 2.22. The second-order valence-corrected chi connectivity index (χ2v) is 4.40. The van der Waals surface area contributed by atoms with Gasteiger partial charge in [0.05, 0.1) is 0 Å². The SMILES string of the molecule is CC1Cc2cc(Cl)cc(-n3nn[nH]c3=O)c2O1. The number of H-pyrrole nitrogens is 1. The lowest BCUT2D eigenvalue weighted by molar-refractivity contribution is 0.253. The molecule has 0 fully saturated rings. The largest absolute Gasteiger partial charge is 0.488 e. The summed E-state index contributed by atoms with van der Waals surface area (Å²) in [6, 6.07) is 3.48. The van der Waals surface area contributed by atoms with Gasteiger partial charge in [-0.1, -0.05) is 11.6 Å². The van der Waals surface area contributed by atoms with Crippen LogP contribution < -0.4 is 10.4 Å². The molecule has 88 valence electrons. The fraction of sp³-hybridized carbons (Fsp3) is 0.300. The lowest BCUT2D eigenvalue weighted by atomic mass is 10.1. The van der Waals surface area contributed by atoms with Crippen LogP contribution in [0.25, 0.3) is 5.69 Å². The van der Waals surface area contributed by atoms with Crippen molar-refractivity contribution in [2.45, 2.75) is 19.4 Å². The molecule has 1 aliphatic heterocycles. The molecule has 0 radical (unpaired) electrons. The van der Waals surface area contributed by atoms with E-state index >= 15 is 0 Å². The molecule has 1 aromatic carbocycles. The third kappa shape index (κ3) is 1.61. The van der Waals surface area contributed by atoms with Crippen LogP contribution in [0.3, 0.4) is 0 Å². The van der Waals surface area contributed by atoms with E-state index in [0.717, 1.165) is 16.7 Å². The molecule has 1 N–H and O–H groups in total. The van der Waals surface area contributed by atoms with E-state index in [1.165, 1.54) is 0 Å². The van der Waals surface area contributed by atoms with Crippen LogP contribution in [0.4, 0.5) is 0 Å². The maximum atomic E-state index is 11.5. The van der Waals surface area contributed by atoms with Gasteiger partial charge in [0.1, 0.15) is 17.5 Å². The van der Waals surface area contributed by atoms with Gasteiger partial charge in [0.25, 0.3) is 0 Å². The maximum absolute atomic E-state index is 11.5. The van der Waals surface area contributed by atoms with Crippen molar-refractivity contribution in [3.8, 4) is 11.4 Å². The van der Waals surface area contributed by atoms with Gasteiger partial charge in [-0.15, -0.1) is 0 Å². The van der Waals surface area contributed by atoms with Crippen molar-refractivity contribution in [1.29, 1.82) is 0 Å². The Morgan fingerprint density at radius 1 is 1.59 bits per heavy atom. The van der Waals surface area contributed by atoms with Crippen LogP contribution in [0, 0.1) is 0 Å². The highest BCUT2D eigenvalue weighted by Gasteiger charge is 2.25. The highest BCUT2D eigenvalue weighted by Crippen LogP contribution is 2.36. The summed E-state index contributed by atoms with van der Waals surface area (Å²) in [4.78, 5) is 11.5. The number of aromatic amines is 1. The zero-order chi connectivity index (χ0) is 12.0. The molecule has 0 aliphatic carbocycles. The van der Waals surface area contributed by atoms with E-state index in [-0.39, 0.29) is 6.10 Å². The van der Waals surface area contributed by atoms with Gasteiger partial charge in [0, 0.05) is 17.0 Å². The second-order valence-electron chi connectivity index (χ2n) is 3.96. The highest BCUT2D eigenvalue weighted by molar-refractivity contribution is 6.30. The third-order valence-corrected chi connectivity index (χ3v) is 2.86. The van der Waals surface area contributed by atoms with Gasteiger partial charge in [-0.2, -0.15) is 4.68 Å². The van der Waals surface area contributed by atoms with Gasteiger partial charge in [0.2, 0.25) is 0 Å². The molecule has 2 aromatic rings. The number of benzene rings is 1. The van der Waals surface area contributed by atoms with E-state index < -0.39 is 5.69 Å². The van der Waals surface area contributed by atoms with E-state index in [9.17, 15) is 4.79 Å². The first-order valence-electron chi connectivity index (χ1n) is 5.15. The first-order chi connectivity index (χ1) is 8.15. The number of hydrogen-bond acceptors (Lipinski definition) is 4. The summed E-state index contributed by atoms with van der Waals surface area (Å²) in [6.07, 6.45) is 0.847. The predicted molar refractivity (Wildman–Crippen MR) is 60.8 cm³/mol. The monoisotopic (exact) mass is 252 g/mol. The van der Waals surface area contributed by atoms with Crippen LogP contribution in [-0.4, -0.2) is 26.3 Å². The van der Waals surface area contributed by atoms with Crippen LogP contribution in [0.5, 0.6) is 5.75 Å². The van der Waals surface area contributed by atoms with Crippen molar-refractivity contribution in [3.63, 3.8) is 0 Å². The Hall–Kier alpha value is -1.82. The molecule has 0 spiro atoms. The summed E-state index contributed by atoms with van der Waals surface area (Å²) < 4.78 is 6.81. The minimum absolute atomic E-state index is 0.0739. The number of ether oxygens (including phenoxy) is 1. The quantitative estimate of drug-likeness (QED) is 0.820. The molecule has 2 heterocycles. The molecular weight excluding hydrogens is 244 g/mol. The molecule has 1 aliphatic rings. The molecule has 0 saturated heterocycles. The second kappa shape index (κ2) is 3.59. The number of tetrazole rings is 1. The van der Waals surface area contributed by atoms with Crippen LogP contribution in [0.1, 0.15) is 12.5 Å². The predicted octanol–water partition coefficient (Wildman–Crippen LogP) is 0.932. The fourth-order valence-electron chi connectivity index (χ4n) is 1.99. The van der Waals surface area contributed by atoms with Crippen molar-refractivity contribution in [2.24, 2.45) is 0 Å². The molecule has 6 nitrogen and oxygen atoms in total. The number of nitrogens with zero attached hydrogens (tertiary/aromatic N) is 3. The van der Waals surface area contributed by atoms with E-state index in [0.29, 0.717) is 16.5 Å². The lowest BCUT2D eigenvalue weighted by Gasteiger charge is -2.08. The molecule has 0 amide bonds. The van der Waals surface area contributed by atoms with E-state index in [2.05, 4.69) is 15.5 Å². The Balaban J connectivity index is 2.25. The summed E-state index contributed by atoms with van der Waals surface area (Å²) >= 11 is 6.02. The molecule has 1 atom stereocenters. The Labute approximate surface area is 101 Å². The average Bonchev–Trinajstić information content (AvgIpc) is 2.82. The number of rotatable bonds is 1. The summed E-state index contributed by atoms with van der Waals surface area (Å²) in [7, 11) is 0. The van der Waals surface area contributed by atoms with Gasteiger partial charge in [-0.25, -0.2) is 9.89 Å². The third-order valence-electron chi connectivity index (χ3n) is 2.64. The number of aromatic nitrogens is 4. The molecular formula is C10H9ClN4O2. The summed E-state index contributed by atoms with van der Waals surface area (Å²) in [5.74, 6) is 0.651. The van der Waals surface area contributed by atoms with Gasteiger partial charge in [0.15, 0.2) is 0 Å². The number of fused-ring (bicyclic) bond motifs is 1. The minimum atomic E-state index is -0.419. The number of nitrogens with one attached hydrogen (secondary N) is 1. The molecule has 17 heavy (non-hydrogen) atoms. The van der Waals surface area contributed by atoms with E-state index in [1.807, 2.05) is 13.0 Å². The number of halogens is 1. The van der Waals surface area contributed by atoms with Gasteiger partial charge in [-0.05, 0) is 29.5 Å². The summed E-state index contributed by atoms with van der Waals surface area (Å²) in [5, 5.41) is 9.92. The van der Waals surface area contributed by atoms with Crippen LogP contribution >= 0.6 is 11.6 Å². The maximum Gasteiger partial charge on any atom is 0.365 e. The standard InChI is InChI=1S/C10H9ClN4O2/c1-5-2-6-3-7(11)4-8(9(6)17-5)15-10(16)12-13-14-15/h3-5H,2H2,1H3,(H,12,14,16). The van der Waals surface area contributed by atoms with Crippen molar-refractivity contribution >= 4 is 11.6 Å². The minimum Gasteiger partial charge on any atom is -0.488 e. The van der Waals surface area contributed by atoms with Gasteiger partial charge in [-0.3, -0.25) is 0 Å². The number of hydrogen-bond donors (Lipinski definition) is 1. The molecule has 0 bridgehead atoms. The highest BCUT2D eigenvalue weighted by atomic mass is 35.5. The molecule has 1 aromatic heterocycles. The Morgan fingerprint density at radius 3 is 3.12 bits per heavy atom. The van der Waals surface area contributed by atoms with Crippen LogP contribution in [0.15, 0.2) is 16.9 Å². The first-order valence-corrected chi connectivity index (χ1v) is 5.53. The zero-order valence-corrected chi connectivity index (χ0v) is 9.73. The van der Waals surface area contributed by atoms with Crippen molar-refractivity contribution in [1.82, 2.24) is 20.2 Å². The molecule has 3 rings (SSSR count). The average molecular weight is 253 g/mol. The van der Waals surface area contributed by atoms with Crippen LogP contribution in [-0.2, 0) is 6.42 Å². The molecule has 0 saturated carbocycles. The smallest absolute Gasteiger partial charge is 0.365 e. The van der Waals surface area contributed by atoms with Crippen LogP contribution in [0.2, 0.25) is 5.02 Å². The van der Waals surface area contributed by atoms with Crippen molar-refractivity contribution < 1.29 is 4.74 Å². The molecule has 1 unspecified atom stereocenters. The first kappa shape index (κ1) is 10.3. The zero-order valence-electron chi connectivity index (χ0n) is 8.98. The van der Waals surface area contributed by atoms with E-state index in [4.69, 9.17) is 16.3 Å². The van der Waals surface area contributed by atoms with Crippen molar-refractivity contribution in [2.75, 3.05) is 0 Å². The normalized spacial score (nSPS) is 17.9.